The molecule has 1 aromatic heterocycles. The third kappa shape index (κ3) is 47.3. The van der Waals surface area contributed by atoms with Crippen LogP contribution in [0.2, 0.25) is 0 Å². The summed E-state index contributed by atoms with van der Waals surface area (Å²) in [5.74, 6) is -9.74. The number of rotatable bonds is 61. The third-order valence-corrected chi connectivity index (χ3v) is 20.4. The fraction of sp³-hybridized carbons (Fsp3) is 0.580. The number of urea groups is 2. The molecule has 42 heteroatoms. The van der Waals surface area contributed by atoms with Crippen LogP contribution in [0.3, 0.4) is 0 Å². The Hall–Kier alpha value is -10.2. The second-order valence-corrected chi connectivity index (χ2v) is 31.0. The van der Waals surface area contributed by atoms with Crippen LogP contribution >= 0.6 is 34.8 Å². The lowest BCUT2D eigenvalue weighted by atomic mass is 9.94. The topological polar surface area (TPSA) is 552 Å². The maximum absolute atomic E-state index is 13.8. The highest BCUT2D eigenvalue weighted by Crippen LogP contribution is 2.23. The summed E-state index contributed by atoms with van der Waals surface area (Å²) in [5, 5.41) is 101. The number of unbranched alkanes of at least 4 members (excludes halogenated alkanes) is 3. The number of benzene rings is 3. The number of aromatic nitrogens is 3. The number of nitrogens with one attached hydrogen (secondary N) is 9. The van der Waals surface area contributed by atoms with Crippen molar-refractivity contribution in [2.24, 2.45) is 5.92 Å². The molecule has 16 N–H and O–H groups in total. The Labute approximate surface area is 732 Å². The molecule has 5 rings (SSSR count). The van der Waals surface area contributed by atoms with Crippen LogP contribution in [0.25, 0.3) is 11.3 Å². The van der Waals surface area contributed by atoms with Gasteiger partial charge in [0.2, 0.25) is 17.7 Å². The highest BCUT2D eigenvalue weighted by Gasteiger charge is 2.29. The molecule has 0 aliphatic carbocycles. The van der Waals surface area contributed by atoms with E-state index in [0.717, 1.165) is 21.1 Å². The van der Waals surface area contributed by atoms with Crippen molar-refractivity contribution in [1.29, 1.82) is 0 Å². The molecule has 40 nitrogen and oxygen atoms in total. The van der Waals surface area contributed by atoms with Gasteiger partial charge in [-0.1, -0.05) is 48.0 Å². The largest absolute Gasteiger partial charge is 0.481 e. The SMILES string of the molecule is O=C(O)CCCNC(=O)N[C@@H](CCCCNC(=O)Nc1cccc(-c2cnnn2CCOCCOCCC(=O)C[C@@H](CCCCNC(=S)Nc2ccc(CC3CN(CC(=O)O)CCN(CC(=O)O)CCN(CC(=O)O)CCN3CC(=O)O)cc2)C(=O)NCCOCCOCCC(=O)N[C@@H](CCCCNC(=O)CCCc2ccc(I)cc2)C(=O)O)c1)C(=O)O. The summed E-state index contributed by atoms with van der Waals surface area (Å²) in [4.78, 5) is 166. The van der Waals surface area contributed by atoms with Gasteiger partial charge in [0, 0.05) is 143 Å². The van der Waals surface area contributed by atoms with E-state index in [2.05, 4.69) is 80.8 Å². The molecule has 7 amide bonds. The van der Waals surface area contributed by atoms with Gasteiger partial charge in [0.1, 0.15) is 17.9 Å². The molecule has 680 valence electrons. The number of anilines is 2. The number of carbonyl (C=O) groups excluding carboxylic acids is 6. The number of Topliss-reactive ketones (excluding diaryl/α,β-unsaturated/α-hetero) is 1. The molecule has 1 fully saturated rings. The van der Waals surface area contributed by atoms with Gasteiger partial charge in [-0.3, -0.25) is 62.8 Å². The Balaban J connectivity index is 1.06. The monoisotopic (exact) mass is 1860 g/mol. The van der Waals surface area contributed by atoms with Crippen LogP contribution in [0.15, 0.2) is 79.0 Å². The van der Waals surface area contributed by atoms with Gasteiger partial charge in [-0.25, -0.2) is 23.9 Å². The highest BCUT2D eigenvalue weighted by molar-refractivity contribution is 14.1. The van der Waals surface area contributed by atoms with Crippen molar-refractivity contribution in [3.05, 3.63) is 93.7 Å². The lowest BCUT2D eigenvalue weighted by molar-refractivity contribution is -0.142. The van der Waals surface area contributed by atoms with Crippen LogP contribution in [-0.4, -0.2) is 329 Å². The quantitative estimate of drug-likeness (QED) is 0.0171. The van der Waals surface area contributed by atoms with Gasteiger partial charge in [0.25, 0.3) is 0 Å². The minimum Gasteiger partial charge on any atom is -0.481 e. The first kappa shape index (κ1) is 103. The number of carbonyl (C=O) groups is 13. The summed E-state index contributed by atoms with van der Waals surface area (Å²) >= 11 is 7.88. The molecule has 3 aromatic carbocycles. The summed E-state index contributed by atoms with van der Waals surface area (Å²) in [6, 6.07) is 18.2. The van der Waals surface area contributed by atoms with Gasteiger partial charge < -0.3 is 103 Å². The second kappa shape index (κ2) is 60.4. The van der Waals surface area contributed by atoms with Crippen LogP contribution in [0, 0.1) is 9.49 Å². The van der Waals surface area contributed by atoms with E-state index in [1.54, 1.807) is 60.8 Å². The van der Waals surface area contributed by atoms with E-state index < -0.39 is 96.9 Å². The number of halogens is 1. The number of hydrogen-bond donors (Lipinski definition) is 16. The highest BCUT2D eigenvalue weighted by atomic mass is 127. The summed E-state index contributed by atoms with van der Waals surface area (Å²) in [5.41, 5.74) is 4.35. The Bertz CT molecular complexity index is 3970. The van der Waals surface area contributed by atoms with E-state index >= 15 is 0 Å². The Kier molecular flexibility index (Phi) is 50.7. The molecule has 1 unspecified atom stereocenters. The molecule has 0 radical (unpaired) electrons. The average molecular weight is 1860 g/mol. The molecular weight excluding hydrogens is 1740 g/mol. The molecule has 0 saturated carbocycles. The van der Waals surface area contributed by atoms with E-state index in [9.17, 15) is 93.0 Å². The number of ether oxygens (including phenoxy) is 4. The Morgan fingerprint density at radius 3 is 1.67 bits per heavy atom. The van der Waals surface area contributed by atoms with Gasteiger partial charge >= 0.3 is 53.8 Å². The number of carboxylic acid groups (broad SMARTS) is 7. The van der Waals surface area contributed by atoms with Gasteiger partial charge in [-0.05, 0) is 159 Å². The molecule has 1 aliphatic rings. The van der Waals surface area contributed by atoms with E-state index in [4.69, 9.17) is 36.3 Å². The maximum Gasteiger partial charge on any atom is 0.326 e. The normalized spacial score (nSPS) is 14.4. The number of hydrogen-bond acceptors (Lipinski definition) is 24. The summed E-state index contributed by atoms with van der Waals surface area (Å²) in [6.07, 6.45) is 7.05. The van der Waals surface area contributed by atoms with Crippen LogP contribution in [-0.2, 0) is 91.1 Å². The van der Waals surface area contributed by atoms with Crippen LogP contribution < -0.4 is 47.9 Å². The molecule has 1 saturated heterocycles. The third-order valence-electron chi connectivity index (χ3n) is 19.5. The molecule has 1 aliphatic heterocycles. The number of ketones is 1. The van der Waals surface area contributed by atoms with Crippen LogP contribution in [0.4, 0.5) is 21.0 Å². The Morgan fingerprint density at radius 1 is 0.480 bits per heavy atom. The van der Waals surface area contributed by atoms with Crippen molar-refractivity contribution in [3.63, 3.8) is 0 Å². The molecule has 0 spiro atoms. The second-order valence-electron chi connectivity index (χ2n) is 29.3. The average Bonchev–Trinajstić information content (AvgIpc) is 1.46. The first-order valence-electron chi connectivity index (χ1n) is 41.2. The minimum absolute atomic E-state index is 0.00268. The number of aliphatic carboxylic acids is 7. The standard InChI is InChI=1S/C81H119IN16O24S/c82-61-22-18-57(19-23-61)10-7-16-69(100)83-28-5-2-14-66(77(113)114)91-70(101)27-41-120-44-46-121-42-32-84-76(112)60(11-1-4-30-87-81(123)90-62-24-20-58(21-25-62)48-64-52-96(55-74(108)109)36-35-94(53-72(104)105)33-34-95(54-73(106)107)37-38-97(64)56-75(110)111)50-65(99)26-40-119-45-47-122-43-39-98-68(51-88-93-98)59-12-8-13-63(49-59)89-79(117)85-29-6-3-15-67(78(115)116)92-80(118)86-31-9-17-71(102)103/h8,12-13,18-25,49,51,60,64,66-67H,1-7,9-11,14-17,26-48,50,52-56H2,(H,83,100)(H,84,112)(H,91,101)(H,102,103)(H,104,105)(H,106,107)(H,108,109)(H,110,111)(H,113,114)(H,115,116)(H2,85,89,117)(H2,86,92,118)(H2,87,90,123)/t60-,64?,66+,67+/m1/s1. The Morgan fingerprint density at radius 2 is 1.03 bits per heavy atom. The molecule has 123 heavy (non-hydrogen) atoms. The maximum atomic E-state index is 13.8. The van der Waals surface area contributed by atoms with Crippen LogP contribution in [0.5, 0.6) is 0 Å². The zero-order valence-corrected chi connectivity index (χ0v) is 72.2. The minimum atomic E-state index is -1.23. The first-order chi connectivity index (χ1) is 59.1. The van der Waals surface area contributed by atoms with Gasteiger partial charge in [0.05, 0.1) is 97.5 Å². The van der Waals surface area contributed by atoms with E-state index in [-0.39, 0.29) is 205 Å². The molecule has 0 bridgehead atoms. The number of nitrogens with zero attached hydrogens (tertiary/aromatic N) is 7. The smallest absolute Gasteiger partial charge is 0.326 e. The van der Waals surface area contributed by atoms with Gasteiger partial charge in [-0.2, -0.15) is 0 Å². The molecule has 4 atom stereocenters. The fourth-order valence-electron chi connectivity index (χ4n) is 13.1. The van der Waals surface area contributed by atoms with E-state index in [0.29, 0.717) is 100 Å². The van der Waals surface area contributed by atoms with Crippen molar-refractivity contribution in [1.82, 2.24) is 71.8 Å². The zero-order chi connectivity index (χ0) is 89.5. The zero-order valence-electron chi connectivity index (χ0n) is 69.2. The summed E-state index contributed by atoms with van der Waals surface area (Å²) in [6.45, 7) is 1.92. The molecule has 2 heterocycles. The van der Waals surface area contributed by atoms with Gasteiger partial charge in [0.15, 0.2) is 5.11 Å². The molecular formula is C81H119IN16O24S. The number of carboxylic acids is 7. The number of amides is 7. The van der Waals surface area contributed by atoms with Crippen molar-refractivity contribution >= 4 is 129 Å². The van der Waals surface area contributed by atoms with E-state index in [1.807, 2.05) is 42.5 Å². The lowest BCUT2D eigenvalue weighted by Gasteiger charge is -2.37. The summed E-state index contributed by atoms with van der Waals surface area (Å²) in [7, 11) is 0. The fourth-order valence-corrected chi connectivity index (χ4v) is 13.6. The van der Waals surface area contributed by atoms with Crippen molar-refractivity contribution in [3.8, 4) is 11.3 Å². The predicted molar refractivity (Wildman–Crippen MR) is 462 cm³/mol. The number of aryl methyl sites for hydroxylation is 1. The lowest BCUT2D eigenvalue weighted by Crippen LogP contribution is -2.53. The number of thiocarbonyl (C=S) groups is 1. The summed E-state index contributed by atoms with van der Waals surface area (Å²) < 4.78 is 25.6. The molecule has 4 aromatic rings. The van der Waals surface area contributed by atoms with Crippen LogP contribution in [0.1, 0.15) is 114 Å². The van der Waals surface area contributed by atoms with Crippen molar-refractivity contribution in [2.45, 2.75) is 140 Å². The van der Waals surface area contributed by atoms with Crippen molar-refractivity contribution < 1.29 is 117 Å². The predicted octanol–water partition coefficient (Wildman–Crippen LogP) is 3.50. The van der Waals surface area contributed by atoms with Crippen molar-refractivity contribution in [2.75, 3.05) is 168 Å². The van der Waals surface area contributed by atoms with Gasteiger partial charge in [-0.15, -0.1) is 5.10 Å². The van der Waals surface area contributed by atoms with E-state index in [1.165, 1.54) is 0 Å². The first-order valence-corrected chi connectivity index (χ1v) is 42.6.